The SMILES string of the molecule is CC(C)C(NC(=O)NC/C=C/Cl)C(=O)O. The minimum atomic E-state index is -1.05. The van der Waals surface area contributed by atoms with Crippen molar-refractivity contribution in [3.63, 3.8) is 0 Å². The molecular weight excluding hydrogens is 220 g/mol. The van der Waals surface area contributed by atoms with Gasteiger partial charge >= 0.3 is 12.0 Å². The number of carboxylic acid groups (broad SMARTS) is 1. The zero-order chi connectivity index (χ0) is 11.8. The van der Waals surface area contributed by atoms with Gasteiger partial charge in [-0.3, -0.25) is 0 Å². The Hall–Kier alpha value is -1.23. The zero-order valence-electron chi connectivity index (χ0n) is 8.66. The number of hydrogen-bond acceptors (Lipinski definition) is 2. The van der Waals surface area contributed by atoms with Crippen LogP contribution in [-0.4, -0.2) is 29.7 Å². The van der Waals surface area contributed by atoms with Crippen LogP contribution in [0.1, 0.15) is 13.8 Å². The molecule has 0 fully saturated rings. The topological polar surface area (TPSA) is 78.4 Å². The van der Waals surface area contributed by atoms with Gasteiger partial charge in [-0.1, -0.05) is 31.5 Å². The number of rotatable bonds is 5. The number of carbonyl (C=O) groups is 2. The molecule has 6 heteroatoms. The first-order valence-electron chi connectivity index (χ1n) is 4.51. The van der Waals surface area contributed by atoms with E-state index in [9.17, 15) is 9.59 Å². The lowest BCUT2D eigenvalue weighted by molar-refractivity contribution is -0.140. The van der Waals surface area contributed by atoms with Crippen LogP contribution in [0.2, 0.25) is 0 Å². The third-order valence-corrected chi connectivity index (χ3v) is 1.87. The third-order valence-electron chi connectivity index (χ3n) is 1.69. The van der Waals surface area contributed by atoms with Gasteiger partial charge in [0.05, 0.1) is 0 Å². The Bertz CT molecular complexity index is 254. The van der Waals surface area contributed by atoms with Crippen LogP contribution in [0.15, 0.2) is 11.6 Å². The fraction of sp³-hybridized carbons (Fsp3) is 0.556. The molecule has 0 rings (SSSR count). The van der Waals surface area contributed by atoms with Gasteiger partial charge < -0.3 is 15.7 Å². The molecule has 5 nitrogen and oxygen atoms in total. The number of carboxylic acids is 1. The van der Waals surface area contributed by atoms with Crippen LogP contribution in [0.4, 0.5) is 4.79 Å². The van der Waals surface area contributed by atoms with Gasteiger partial charge in [0, 0.05) is 12.1 Å². The number of amides is 2. The molecule has 1 unspecified atom stereocenters. The highest BCUT2D eigenvalue weighted by atomic mass is 35.5. The van der Waals surface area contributed by atoms with Crippen molar-refractivity contribution in [3.05, 3.63) is 11.6 Å². The molecule has 0 radical (unpaired) electrons. The molecule has 0 aliphatic carbocycles. The third kappa shape index (κ3) is 5.96. The van der Waals surface area contributed by atoms with E-state index in [1.165, 1.54) is 11.6 Å². The van der Waals surface area contributed by atoms with Crippen LogP contribution in [0.5, 0.6) is 0 Å². The van der Waals surface area contributed by atoms with E-state index < -0.39 is 18.0 Å². The molecule has 0 aliphatic heterocycles. The van der Waals surface area contributed by atoms with Crippen molar-refractivity contribution >= 4 is 23.6 Å². The quantitative estimate of drug-likeness (QED) is 0.668. The minimum absolute atomic E-state index is 0.170. The maximum Gasteiger partial charge on any atom is 0.326 e. The molecule has 0 saturated carbocycles. The molecule has 0 saturated heterocycles. The highest BCUT2D eigenvalue weighted by Gasteiger charge is 2.22. The zero-order valence-corrected chi connectivity index (χ0v) is 9.41. The Kier molecular flexibility index (Phi) is 6.53. The second-order valence-electron chi connectivity index (χ2n) is 3.28. The molecule has 0 spiro atoms. The van der Waals surface area contributed by atoms with Crippen molar-refractivity contribution < 1.29 is 14.7 Å². The summed E-state index contributed by atoms with van der Waals surface area (Å²) in [6.45, 7) is 3.70. The second kappa shape index (κ2) is 7.11. The van der Waals surface area contributed by atoms with Crippen molar-refractivity contribution in [1.82, 2.24) is 10.6 Å². The summed E-state index contributed by atoms with van der Waals surface area (Å²) >= 11 is 5.25. The summed E-state index contributed by atoms with van der Waals surface area (Å²) in [5.74, 6) is -1.22. The number of halogens is 1. The molecule has 0 bridgehead atoms. The summed E-state index contributed by atoms with van der Waals surface area (Å²) in [7, 11) is 0. The van der Waals surface area contributed by atoms with Crippen molar-refractivity contribution in [2.24, 2.45) is 5.92 Å². The summed E-state index contributed by atoms with van der Waals surface area (Å²) in [5, 5.41) is 13.6. The lowest BCUT2D eigenvalue weighted by Gasteiger charge is -2.17. The molecule has 0 aliphatic rings. The van der Waals surface area contributed by atoms with Gasteiger partial charge in [0.2, 0.25) is 0 Å². The van der Waals surface area contributed by atoms with Gasteiger partial charge in [-0.15, -0.1) is 0 Å². The van der Waals surface area contributed by atoms with E-state index in [2.05, 4.69) is 10.6 Å². The first kappa shape index (κ1) is 13.8. The predicted molar refractivity (Wildman–Crippen MR) is 57.8 cm³/mol. The predicted octanol–water partition coefficient (Wildman–Crippen LogP) is 1.15. The molecule has 15 heavy (non-hydrogen) atoms. The van der Waals surface area contributed by atoms with Crippen LogP contribution in [0, 0.1) is 5.92 Å². The average Bonchev–Trinajstić information content (AvgIpc) is 2.13. The maximum atomic E-state index is 11.2. The molecule has 2 amide bonds. The number of nitrogens with one attached hydrogen (secondary N) is 2. The van der Waals surface area contributed by atoms with Crippen molar-refractivity contribution in [2.45, 2.75) is 19.9 Å². The Balaban J connectivity index is 4.06. The summed E-state index contributed by atoms with van der Waals surface area (Å²) in [6, 6.07) is -1.41. The highest BCUT2D eigenvalue weighted by Crippen LogP contribution is 2.00. The molecule has 86 valence electrons. The van der Waals surface area contributed by atoms with E-state index in [0.717, 1.165) is 0 Å². The van der Waals surface area contributed by atoms with E-state index in [4.69, 9.17) is 16.7 Å². The molecule has 0 heterocycles. The molecule has 0 aromatic carbocycles. The van der Waals surface area contributed by atoms with E-state index >= 15 is 0 Å². The average molecular weight is 235 g/mol. The van der Waals surface area contributed by atoms with Crippen LogP contribution >= 0.6 is 11.6 Å². The maximum absolute atomic E-state index is 11.2. The number of hydrogen-bond donors (Lipinski definition) is 3. The van der Waals surface area contributed by atoms with Crippen LogP contribution in [-0.2, 0) is 4.79 Å². The lowest BCUT2D eigenvalue weighted by atomic mass is 10.1. The van der Waals surface area contributed by atoms with Gasteiger partial charge in [-0.2, -0.15) is 0 Å². The Morgan fingerprint density at radius 2 is 2.07 bits per heavy atom. The fourth-order valence-electron chi connectivity index (χ4n) is 0.902. The first-order valence-corrected chi connectivity index (χ1v) is 4.95. The lowest BCUT2D eigenvalue weighted by Crippen LogP contribution is -2.48. The minimum Gasteiger partial charge on any atom is -0.480 e. The van der Waals surface area contributed by atoms with Gasteiger partial charge in [-0.25, -0.2) is 9.59 Å². The van der Waals surface area contributed by atoms with Crippen molar-refractivity contribution in [1.29, 1.82) is 0 Å². The number of carbonyl (C=O) groups excluding carboxylic acids is 1. The molecule has 0 aromatic heterocycles. The van der Waals surface area contributed by atoms with E-state index in [-0.39, 0.29) is 12.5 Å². The van der Waals surface area contributed by atoms with E-state index in [1.807, 2.05) is 0 Å². The number of urea groups is 1. The second-order valence-corrected chi connectivity index (χ2v) is 3.53. The Morgan fingerprint density at radius 3 is 2.47 bits per heavy atom. The van der Waals surface area contributed by atoms with Gasteiger partial charge in [-0.05, 0) is 5.92 Å². The summed E-state index contributed by atoms with van der Waals surface area (Å²) in [5.41, 5.74) is 1.28. The summed E-state index contributed by atoms with van der Waals surface area (Å²) in [6.07, 6.45) is 1.53. The van der Waals surface area contributed by atoms with Gasteiger partial charge in [0.1, 0.15) is 6.04 Å². The van der Waals surface area contributed by atoms with Gasteiger partial charge in [0.25, 0.3) is 0 Å². The molecule has 3 N–H and O–H groups in total. The smallest absolute Gasteiger partial charge is 0.326 e. The van der Waals surface area contributed by atoms with Crippen LogP contribution < -0.4 is 10.6 Å². The van der Waals surface area contributed by atoms with Crippen molar-refractivity contribution in [3.8, 4) is 0 Å². The van der Waals surface area contributed by atoms with Crippen LogP contribution in [0.3, 0.4) is 0 Å². The summed E-state index contributed by atoms with van der Waals surface area (Å²) in [4.78, 5) is 21.9. The highest BCUT2D eigenvalue weighted by molar-refractivity contribution is 6.25. The molecular formula is C9H15ClN2O3. The first-order chi connectivity index (χ1) is 6.99. The summed E-state index contributed by atoms with van der Waals surface area (Å²) < 4.78 is 0. The molecule has 0 aromatic rings. The van der Waals surface area contributed by atoms with Crippen molar-refractivity contribution in [2.75, 3.05) is 6.54 Å². The monoisotopic (exact) mass is 234 g/mol. The van der Waals surface area contributed by atoms with E-state index in [1.54, 1.807) is 13.8 Å². The standard InChI is InChI=1S/C9H15ClN2O3/c1-6(2)7(8(13)14)12-9(15)11-5-3-4-10/h3-4,6-7H,5H2,1-2H3,(H,13,14)(H2,11,12,15)/b4-3+. The molecule has 1 atom stereocenters. The largest absolute Gasteiger partial charge is 0.480 e. The van der Waals surface area contributed by atoms with Gasteiger partial charge in [0.15, 0.2) is 0 Å². The Labute approximate surface area is 93.5 Å². The van der Waals surface area contributed by atoms with E-state index in [0.29, 0.717) is 0 Å². The fourth-order valence-corrected chi connectivity index (χ4v) is 0.991. The Morgan fingerprint density at radius 1 is 1.47 bits per heavy atom. The van der Waals surface area contributed by atoms with Crippen LogP contribution in [0.25, 0.3) is 0 Å². The normalized spacial score (nSPS) is 12.8. The number of aliphatic carboxylic acids is 1.